The van der Waals surface area contributed by atoms with Gasteiger partial charge in [-0.15, -0.1) is 11.3 Å². The maximum absolute atomic E-state index is 11.8. The van der Waals surface area contributed by atoms with Crippen LogP contribution in [-0.2, 0) is 13.5 Å². The van der Waals surface area contributed by atoms with Crippen LogP contribution >= 0.6 is 11.3 Å². The number of aryl methyl sites for hydroxylation is 3. The molecule has 0 aliphatic heterocycles. The molecule has 2 aromatic heterocycles. The van der Waals surface area contributed by atoms with Crippen LogP contribution in [0.15, 0.2) is 24.4 Å². The van der Waals surface area contributed by atoms with Gasteiger partial charge >= 0.3 is 0 Å². The predicted molar refractivity (Wildman–Crippen MR) is 64.9 cm³/mol. The number of hydrogen-bond acceptors (Lipinski definition) is 3. The Morgan fingerprint density at radius 2 is 2.25 bits per heavy atom. The highest BCUT2D eigenvalue weighted by molar-refractivity contribution is 7.14. The quantitative estimate of drug-likeness (QED) is 0.762. The van der Waals surface area contributed by atoms with E-state index in [0.29, 0.717) is 6.42 Å². The molecular formula is C12H14N2OS. The molecule has 0 fully saturated rings. The molecular weight excluding hydrogens is 220 g/mol. The van der Waals surface area contributed by atoms with Crippen LogP contribution in [0.2, 0.25) is 0 Å². The van der Waals surface area contributed by atoms with Gasteiger partial charge in [0.25, 0.3) is 0 Å². The second-order valence-corrected chi connectivity index (χ2v) is 5.07. The summed E-state index contributed by atoms with van der Waals surface area (Å²) in [7, 11) is 1.90. The molecule has 16 heavy (non-hydrogen) atoms. The minimum atomic E-state index is 0.222. The summed E-state index contributed by atoms with van der Waals surface area (Å²) in [6, 6.07) is 5.85. The van der Waals surface area contributed by atoms with Crippen LogP contribution in [-0.4, -0.2) is 15.6 Å². The van der Waals surface area contributed by atoms with Gasteiger partial charge in [-0.3, -0.25) is 9.48 Å². The van der Waals surface area contributed by atoms with Crippen molar-refractivity contribution in [3.05, 3.63) is 39.8 Å². The fourth-order valence-electron chi connectivity index (χ4n) is 1.60. The topological polar surface area (TPSA) is 34.9 Å². The average molecular weight is 234 g/mol. The molecule has 0 bridgehead atoms. The number of aromatic nitrogens is 2. The van der Waals surface area contributed by atoms with Crippen molar-refractivity contribution in [3.63, 3.8) is 0 Å². The fraction of sp³-hybridized carbons (Fsp3) is 0.333. The van der Waals surface area contributed by atoms with Gasteiger partial charge in [-0.25, -0.2) is 0 Å². The molecule has 3 nitrogen and oxygen atoms in total. The first-order chi connectivity index (χ1) is 7.66. The standard InChI is InChI=1S/C12H14N2OS/c1-9-3-6-12(16-9)11(15)5-4-10-7-8-13-14(10)2/h3,6-8H,4-5H2,1-2H3. The summed E-state index contributed by atoms with van der Waals surface area (Å²) in [5.41, 5.74) is 1.10. The molecule has 4 heteroatoms. The molecule has 0 unspecified atom stereocenters. The Labute approximate surface area is 98.7 Å². The van der Waals surface area contributed by atoms with Crippen LogP contribution in [0, 0.1) is 6.92 Å². The molecule has 0 aromatic carbocycles. The van der Waals surface area contributed by atoms with E-state index in [1.54, 1.807) is 17.5 Å². The summed E-state index contributed by atoms with van der Waals surface area (Å²) in [5.74, 6) is 0.222. The van der Waals surface area contributed by atoms with Crippen molar-refractivity contribution in [2.24, 2.45) is 7.05 Å². The van der Waals surface area contributed by atoms with Crippen LogP contribution in [0.3, 0.4) is 0 Å². The molecule has 0 radical (unpaired) electrons. The maximum atomic E-state index is 11.8. The summed E-state index contributed by atoms with van der Waals surface area (Å²) < 4.78 is 1.81. The Morgan fingerprint density at radius 1 is 1.44 bits per heavy atom. The van der Waals surface area contributed by atoms with Gasteiger partial charge in [0, 0.05) is 30.2 Å². The van der Waals surface area contributed by atoms with Crippen molar-refractivity contribution < 1.29 is 4.79 Å². The van der Waals surface area contributed by atoms with Crippen molar-refractivity contribution >= 4 is 17.1 Å². The first-order valence-corrected chi connectivity index (χ1v) is 6.05. The highest BCUT2D eigenvalue weighted by Gasteiger charge is 2.09. The van der Waals surface area contributed by atoms with Crippen LogP contribution in [0.5, 0.6) is 0 Å². The monoisotopic (exact) mass is 234 g/mol. The molecule has 2 heterocycles. The molecule has 0 spiro atoms. The third-order valence-corrected chi connectivity index (χ3v) is 3.59. The summed E-state index contributed by atoms with van der Waals surface area (Å²) in [6.45, 7) is 2.02. The third kappa shape index (κ3) is 2.39. The zero-order chi connectivity index (χ0) is 11.5. The number of rotatable bonds is 4. The number of Topliss-reactive ketones (excluding diaryl/α,β-unsaturated/α-hetero) is 1. The number of hydrogen-bond donors (Lipinski definition) is 0. The number of thiophene rings is 1. The Balaban J connectivity index is 1.96. The molecule has 0 saturated carbocycles. The van der Waals surface area contributed by atoms with E-state index >= 15 is 0 Å². The smallest absolute Gasteiger partial charge is 0.173 e. The predicted octanol–water partition coefficient (Wildman–Crippen LogP) is 2.61. The van der Waals surface area contributed by atoms with Gasteiger partial charge in [0.05, 0.1) is 4.88 Å². The van der Waals surface area contributed by atoms with Gasteiger partial charge in [0.15, 0.2) is 5.78 Å². The molecule has 84 valence electrons. The van der Waals surface area contributed by atoms with E-state index < -0.39 is 0 Å². The van der Waals surface area contributed by atoms with Crippen LogP contribution in [0.4, 0.5) is 0 Å². The summed E-state index contributed by atoms with van der Waals surface area (Å²) in [5, 5.41) is 4.08. The Hall–Kier alpha value is -1.42. The van der Waals surface area contributed by atoms with Crippen molar-refractivity contribution in [2.45, 2.75) is 19.8 Å². The Kier molecular flexibility index (Phi) is 3.19. The minimum Gasteiger partial charge on any atom is -0.293 e. The second kappa shape index (κ2) is 4.61. The minimum absolute atomic E-state index is 0.222. The number of carbonyl (C=O) groups is 1. The van der Waals surface area contributed by atoms with Crippen molar-refractivity contribution in [1.82, 2.24) is 9.78 Å². The second-order valence-electron chi connectivity index (χ2n) is 3.78. The Morgan fingerprint density at radius 3 is 2.81 bits per heavy atom. The van der Waals surface area contributed by atoms with Crippen molar-refractivity contribution in [1.29, 1.82) is 0 Å². The van der Waals surface area contributed by atoms with E-state index in [9.17, 15) is 4.79 Å². The normalized spacial score (nSPS) is 10.6. The van der Waals surface area contributed by atoms with Gasteiger partial charge in [-0.05, 0) is 31.5 Å². The van der Waals surface area contributed by atoms with E-state index in [1.807, 2.05) is 36.9 Å². The largest absolute Gasteiger partial charge is 0.293 e. The first-order valence-electron chi connectivity index (χ1n) is 5.23. The lowest BCUT2D eigenvalue weighted by Crippen LogP contribution is -2.03. The average Bonchev–Trinajstić information content (AvgIpc) is 2.84. The van der Waals surface area contributed by atoms with Crippen LogP contribution < -0.4 is 0 Å². The molecule has 0 aliphatic carbocycles. The molecule has 0 aliphatic rings. The molecule has 0 N–H and O–H groups in total. The fourth-order valence-corrected chi connectivity index (χ4v) is 2.43. The van der Waals surface area contributed by atoms with Gasteiger partial charge in [-0.2, -0.15) is 5.10 Å². The lowest BCUT2D eigenvalue weighted by atomic mass is 10.1. The van der Waals surface area contributed by atoms with E-state index in [1.165, 1.54) is 4.88 Å². The zero-order valence-corrected chi connectivity index (χ0v) is 10.3. The lowest BCUT2D eigenvalue weighted by Gasteiger charge is -2.00. The summed E-state index contributed by atoms with van der Waals surface area (Å²) in [4.78, 5) is 13.9. The zero-order valence-electron chi connectivity index (χ0n) is 9.43. The van der Waals surface area contributed by atoms with E-state index in [-0.39, 0.29) is 5.78 Å². The van der Waals surface area contributed by atoms with Gasteiger partial charge < -0.3 is 0 Å². The lowest BCUT2D eigenvalue weighted by molar-refractivity contribution is 0.0986. The van der Waals surface area contributed by atoms with Gasteiger partial charge in [0.2, 0.25) is 0 Å². The number of ketones is 1. The SMILES string of the molecule is Cc1ccc(C(=O)CCc2ccnn2C)s1. The van der Waals surface area contributed by atoms with Crippen LogP contribution in [0.1, 0.15) is 26.7 Å². The van der Waals surface area contributed by atoms with E-state index in [4.69, 9.17) is 0 Å². The highest BCUT2D eigenvalue weighted by Crippen LogP contribution is 2.17. The van der Waals surface area contributed by atoms with Crippen molar-refractivity contribution in [3.8, 4) is 0 Å². The molecule has 0 atom stereocenters. The highest BCUT2D eigenvalue weighted by atomic mass is 32.1. The van der Waals surface area contributed by atoms with Gasteiger partial charge in [0.1, 0.15) is 0 Å². The summed E-state index contributed by atoms with van der Waals surface area (Å²) in [6.07, 6.45) is 3.07. The first kappa shape index (κ1) is 11.1. The van der Waals surface area contributed by atoms with E-state index in [2.05, 4.69) is 5.10 Å². The summed E-state index contributed by atoms with van der Waals surface area (Å²) >= 11 is 1.57. The number of carbonyl (C=O) groups excluding carboxylic acids is 1. The van der Waals surface area contributed by atoms with Crippen LogP contribution in [0.25, 0.3) is 0 Å². The molecule has 0 amide bonds. The van der Waals surface area contributed by atoms with E-state index in [0.717, 1.165) is 17.0 Å². The molecule has 2 aromatic rings. The molecule has 0 saturated heterocycles. The number of nitrogens with zero attached hydrogens (tertiary/aromatic N) is 2. The molecule has 2 rings (SSSR count). The Bertz CT molecular complexity index is 499. The maximum Gasteiger partial charge on any atom is 0.173 e. The third-order valence-electron chi connectivity index (χ3n) is 2.55. The van der Waals surface area contributed by atoms with Gasteiger partial charge in [-0.1, -0.05) is 0 Å². The van der Waals surface area contributed by atoms with Crippen molar-refractivity contribution in [2.75, 3.05) is 0 Å².